The molecule has 6 heteroatoms. The molecule has 0 fully saturated rings. The van der Waals surface area contributed by atoms with Crippen LogP contribution in [0, 0.1) is 13.8 Å². The van der Waals surface area contributed by atoms with Crippen LogP contribution in [0.25, 0.3) is 22.3 Å². The largest absolute Gasteiger partial charge is 0.361 e. The summed E-state index contributed by atoms with van der Waals surface area (Å²) in [5.41, 5.74) is 3.51. The maximum absolute atomic E-state index is 6.18. The van der Waals surface area contributed by atoms with Crippen LogP contribution in [0.1, 0.15) is 11.5 Å². The molecular weight excluding hydrogens is 252 g/mol. The van der Waals surface area contributed by atoms with Gasteiger partial charge in [0.05, 0.1) is 5.39 Å². The Hall–Kier alpha value is -1.88. The van der Waals surface area contributed by atoms with Gasteiger partial charge in [0.1, 0.15) is 28.6 Å². The highest BCUT2D eigenvalue weighted by Crippen LogP contribution is 2.35. The van der Waals surface area contributed by atoms with Crippen molar-refractivity contribution in [1.29, 1.82) is 0 Å². The van der Waals surface area contributed by atoms with E-state index >= 15 is 0 Å². The molecule has 3 heterocycles. The second-order valence-electron chi connectivity index (χ2n) is 4.21. The summed E-state index contributed by atoms with van der Waals surface area (Å²) in [5, 5.41) is 5.29. The van der Waals surface area contributed by atoms with E-state index in [0.29, 0.717) is 5.15 Å². The molecule has 0 N–H and O–H groups in total. The van der Waals surface area contributed by atoms with Crippen LogP contribution in [0.5, 0.6) is 0 Å². The number of aryl methyl sites for hydroxylation is 2. The molecule has 3 rings (SSSR count). The summed E-state index contributed by atoms with van der Waals surface area (Å²) in [6, 6.07) is 1.88. The number of hydrogen-bond acceptors (Lipinski definition) is 4. The second kappa shape index (κ2) is 3.81. The van der Waals surface area contributed by atoms with E-state index in [1.807, 2.05) is 31.5 Å². The average Bonchev–Trinajstić information content (AvgIpc) is 2.86. The summed E-state index contributed by atoms with van der Waals surface area (Å²) in [4.78, 5) is 8.30. The van der Waals surface area contributed by atoms with E-state index < -0.39 is 0 Å². The number of fused-ring (bicyclic) bond motifs is 1. The third-order valence-corrected chi connectivity index (χ3v) is 3.38. The zero-order valence-corrected chi connectivity index (χ0v) is 11.0. The van der Waals surface area contributed by atoms with Crippen molar-refractivity contribution in [3.8, 4) is 11.3 Å². The summed E-state index contributed by atoms with van der Waals surface area (Å²) in [5.74, 6) is 0.759. The number of nitrogens with zero attached hydrogens (tertiary/aromatic N) is 4. The van der Waals surface area contributed by atoms with Gasteiger partial charge in [0.15, 0.2) is 0 Å². The number of aromatic nitrogens is 4. The van der Waals surface area contributed by atoms with Gasteiger partial charge < -0.3 is 9.09 Å². The van der Waals surface area contributed by atoms with Gasteiger partial charge >= 0.3 is 0 Å². The zero-order chi connectivity index (χ0) is 12.9. The third-order valence-electron chi connectivity index (χ3n) is 3.10. The molecule has 0 aliphatic heterocycles. The van der Waals surface area contributed by atoms with Gasteiger partial charge in [-0.15, -0.1) is 0 Å². The predicted molar refractivity (Wildman–Crippen MR) is 68.5 cm³/mol. The first-order chi connectivity index (χ1) is 8.59. The van der Waals surface area contributed by atoms with Crippen LogP contribution in [-0.2, 0) is 7.05 Å². The van der Waals surface area contributed by atoms with Crippen molar-refractivity contribution in [3.63, 3.8) is 0 Å². The average molecular weight is 263 g/mol. The summed E-state index contributed by atoms with van der Waals surface area (Å²) in [7, 11) is 1.94. The summed E-state index contributed by atoms with van der Waals surface area (Å²) >= 11 is 6.18. The first kappa shape index (κ1) is 11.2. The minimum Gasteiger partial charge on any atom is -0.361 e. The molecule has 3 aromatic rings. The Morgan fingerprint density at radius 2 is 2.06 bits per heavy atom. The molecule has 0 saturated heterocycles. The van der Waals surface area contributed by atoms with Crippen LogP contribution in [0.4, 0.5) is 0 Å². The van der Waals surface area contributed by atoms with Gasteiger partial charge in [-0.1, -0.05) is 16.8 Å². The Morgan fingerprint density at radius 1 is 1.28 bits per heavy atom. The lowest BCUT2D eigenvalue weighted by Crippen LogP contribution is -1.92. The Balaban J connectivity index is 2.45. The van der Waals surface area contributed by atoms with E-state index in [9.17, 15) is 0 Å². The molecule has 92 valence electrons. The molecule has 0 saturated carbocycles. The van der Waals surface area contributed by atoms with Crippen LogP contribution >= 0.6 is 11.6 Å². The fourth-order valence-electron chi connectivity index (χ4n) is 2.13. The molecule has 0 amide bonds. The van der Waals surface area contributed by atoms with Crippen LogP contribution < -0.4 is 0 Å². The molecule has 0 spiro atoms. The van der Waals surface area contributed by atoms with Crippen LogP contribution in [0.15, 0.2) is 16.9 Å². The van der Waals surface area contributed by atoms with Crippen molar-refractivity contribution in [2.75, 3.05) is 0 Å². The lowest BCUT2D eigenvalue weighted by atomic mass is 10.1. The fraction of sp³-hybridized carbons (Fsp3) is 0.250. The van der Waals surface area contributed by atoms with E-state index in [2.05, 4.69) is 15.1 Å². The Labute approximate surface area is 108 Å². The van der Waals surface area contributed by atoms with E-state index in [1.165, 1.54) is 6.33 Å². The first-order valence-electron chi connectivity index (χ1n) is 5.48. The van der Waals surface area contributed by atoms with Crippen LogP contribution in [0.3, 0.4) is 0 Å². The van der Waals surface area contributed by atoms with Crippen molar-refractivity contribution < 1.29 is 4.52 Å². The van der Waals surface area contributed by atoms with E-state index in [4.69, 9.17) is 16.1 Å². The lowest BCUT2D eigenvalue weighted by Gasteiger charge is -1.97. The first-order valence-corrected chi connectivity index (χ1v) is 5.86. The highest BCUT2D eigenvalue weighted by Gasteiger charge is 2.20. The Morgan fingerprint density at radius 3 is 2.72 bits per heavy atom. The zero-order valence-electron chi connectivity index (χ0n) is 10.2. The minimum absolute atomic E-state index is 0.430. The van der Waals surface area contributed by atoms with Crippen molar-refractivity contribution in [2.45, 2.75) is 13.8 Å². The molecule has 0 unspecified atom stereocenters. The van der Waals surface area contributed by atoms with Gasteiger partial charge in [0.25, 0.3) is 0 Å². The second-order valence-corrected chi connectivity index (χ2v) is 4.56. The molecule has 5 nitrogen and oxygen atoms in total. The number of halogens is 1. The molecule has 0 aliphatic carbocycles. The van der Waals surface area contributed by atoms with E-state index in [0.717, 1.165) is 33.7 Å². The van der Waals surface area contributed by atoms with Gasteiger partial charge in [0.2, 0.25) is 0 Å². The molecule has 18 heavy (non-hydrogen) atoms. The van der Waals surface area contributed by atoms with E-state index in [1.54, 1.807) is 0 Å². The number of hydrogen-bond donors (Lipinski definition) is 0. The van der Waals surface area contributed by atoms with Crippen molar-refractivity contribution >= 4 is 22.6 Å². The van der Waals surface area contributed by atoms with Crippen LogP contribution in [-0.4, -0.2) is 19.7 Å². The van der Waals surface area contributed by atoms with Gasteiger partial charge in [-0.3, -0.25) is 0 Å². The molecule has 0 aromatic carbocycles. The molecule has 0 bridgehead atoms. The summed E-state index contributed by atoms with van der Waals surface area (Å²) in [6.45, 7) is 3.85. The maximum Gasteiger partial charge on any atom is 0.145 e. The van der Waals surface area contributed by atoms with Gasteiger partial charge in [-0.25, -0.2) is 9.97 Å². The fourth-order valence-corrected chi connectivity index (χ4v) is 2.35. The standard InChI is InChI=1S/C12H11ClN4O/c1-6-4-8(16-18-6)9-7(2)17(3)12-10(9)11(13)14-5-15-12/h4-5H,1-3H3. The SMILES string of the molecule is Cc1cc(-c2c(C)n(C)c3ncnc(Cl)c23)no1. The molecule has 3 aromatic heterocycles. The van der Waals surface area contributed by atoms with Crippen molar-refractivity contribution in [2.24, 2.45) is 7.05 Å². The maximum atomic E-state index is 6.18. The normalized spacial score (nSPS) is 11.3. The highest BCUT2D eigenvalue weighted by atomic mass is 35.5. The van der Waals surface area contributed by atoms with Crippen LogP contribution in [0.2, 0.25) is 5.15 Å². The molecular formula is C12H11ClN4O. The molecule has 0 aliphatic rings. The smallest absolute Gasteiger partial charge is 0.145 e. The molecule has 0 radical (unpaired) electrons. The van der Waals surface area contributed by atoms with Gasteiger partial charge in [-0.05, 0) is 13.8 Å². The molecule has 0 atom stereocenters. The third kappa shape index (κ3) is 1.44. The summed E-state index contributed by atoms with van der Waals surface area (Å²) < 4.78 is 7.10. The van der Waals surface area contributed by atoms with Gasteiger partial charge in [0, 0.05) is 24.4 Å². The quantitative estimate of drug-likeness (QED) is 0.633. The Kier molecular flexibility index (Phi) is 2.38. The van der Waals surface area contributed by atoms with Crippen molar-refractivity contribution in [3.05, 3.63) is 29.0 Å². The monoisotopic (exact) mass is 262 g/mol. The lowest BCUT2D eigenvalue weighted by molar-refractivity contribution is 0.399. The minimum atomic E-state index is 0.430. The summed E-state index contributed by atoms with van der Waals surface area (Å²) in [6.07, 6.45) is 1.46. The Bertz CT molecular complexity index is 744. The van der Waals surface area contributed by atoms with Gasteiger partial charge in [-0.2, -0.15) is 0 Å². The van der Waals surface area contributed by atoms with Crippen molar-refractivity contribution in [1.82, 2.24) is 19.7 Å². The highest BCUT2D eigenvalue weighted by molar-refractivity contribution is 6.35. The number of rotatable bonds is 1. The van der Waals surface area contributed by atoms with E-state index in [-0.39, 0.29) is 0 Å². The predicted octanol–water partition coefficient (Wildman–Crippen LogP) is 2.89. The topological polar surface area (TPSA) is 56.7 Å².